The Morgan fingerprint density at radius 3 is 2.42 bits per heavy atom. The third kappa shape index (κ3) is 4.00. The molecule has 0 spiro atoms. The van der Waals surface area contributed by atoms with Gasteiger partial charge in [-0.3, -0.25) is 0 Å². The van der Waals surface area contributed by atoms with Crippen molar-refractivity contribution in [3.8, 4) is 0 Å². The van der Waals surface area contributed by atoms with E-state index in [2.05, 4.69) is 25.7 Å². The highest BCUT2D eigenvalue weighted by molar-refractivity contribution is 5.46. The molecular formula is C21H32FN2+. The van der Waals surface area contributed by atoms with Gasteiger partial charge in [0.2, 0.25) is 0 Å². The van der Waals surface area contributed by atoms with E-state index in [0.717, 1.165) is 18.8 Å². The Bertz CT molecular complexity index is 580. The fourth-order valence-corrected chi connectivity index (χ4v) is 4.51. The second kappa shape index (κ2) is 7.26. The van der Waals surface area contributed by atoms with E-state index in [1.807, 2.05) is 12.1 Å². The number of hydrogen-bond donors (Lipinski definition) is 1. The summed E-state index contributed by atoms with van der Waals surface area (Å²) >= 11 is 0. The number of rotatable bonds is 4. The summed E-state index contributed by atoms with van der Waals surface area (Å²) in [6, 6.07) is 6.93. The Kier molecular flexibility index (Phi) is 5.29. The molecule has 0 atom stereocenters. The van der Waals surface area contributed by atoms with E-state index in [-0.39, 0.29) is 5.82 Å². The molecule has 0 unspecified atom stereocenters. The Morgan fingerprint density at radius 1 is 1.12 bits per heavy atom. The maximum Gasteiger partial charge on any atom is 0.123 e. The van der Waals surface area contributed by atoms with Gasteiger partial charge in [-0.2, -0.15) is 0 Å². The minimum Gasteiger partial charge on any atom is -0.360 e. The third-order valence-electron chi connectivity index (χ3n) is 6.08. The number of piperazine rings is 1. The van der Waals surface area contributed by atoms with Gasteiger partial charge in [0.1, 0.15) is 5.82 Å². The van der Waals surface area contributed by atoms with Crippen molar-refractivity contribution in [1.29, 1.82) is 0 Å². The molecule has 1 aliphatic carbocycles. The van der Waals surface area contributed by atoms with Crippen LogP contribution in [0.3, 0.4) is 0 Å². The first-order valence-electron chi connectivity index (χ1n) is 9.49. The molecule has 3 heteroatoms. The second-order valence-electron chi connectivity index (χ2n) is 8.21. The van der Waals surface area contributed by atoms with Crippen molar-refractivity contribution in [2.45, 2.75) is 46.5 Å². The third-order valence-corrected chi connectivity index (χ3v) is 6.08. The van der Waals surface area contributed by atoms with Crippen LogP contribution in [0, 0.1) is 11.2 Å². The lowest BCUT2D eigenvalue weighted by Crippen LogP contribution is -3.14. The van der Waals surface area contributed by atoms with Gasteiger partial charge in [-0.25, -0.2) is 4.39 Å². The van der Waals surface area contributed by atoms with Gasteiger partial charge in [0, 0.05) is 12.1 Å². The van der Waals surface area contributed by atoms with Crippen LogP contribution < -0.4 is 9.80 Å². The standard InChI is InChI=1S/C21H31FN2/c1-17-5-4-11-21(2,3)20(17)10-12-23-13-15-24(16-14-23)19-8-6-18(22)7-9-19/h6-9H,4-5,10-16H2,1-3H3/p+1. The highest BCUT2D eigenvalue weighted by atomic mass is 19.1. The van der Waals surface area contributed by atoms with Gasteiger partial charge < -0.3 is 9.80 Å². The molecule has 0 aromatic heterocycles. The lowest BCUT2D eigenvalue weighted by atomic mass is 9.71. The number of nitrogens with zero attached hydrogens (tertiary/aromatic N) is 1. The van der Waals surface area contributed by atoms with Gasteiger partial charge in [0.05, 0.1) is 32.7 Å². The molecule has 1 heterocycles. The molecule has 1 saturated heterocycles. The van der Waals surface area contributed by atoms with Crippen LogP contribution in [-0.4, -0.2) is 32.7 Å². The Hall–Kier alpha value is -1.35. The van der Waals surface area contributed by atoms with E-state index in [1.165, 1.54) is 45.3 Å². The van der Waals surface area contributed by atoms with Crippen LogP contribution in [0.1, 0.15) is 46.5 Å². The van der Waals surface area contributed by atoms with Crippen LogP contribution in [0.4, 0.5) is 10.1 Å². The van der Waals surface area contributed by atoms with E-state index < -0.39 is 0 Å². The van der Waals surface area contributed by atoms with Gasteiger partial charge >= 0.3 is 0 Å². The van der Waals surface area contributed by atoms with Crippen molar-refractivity contribution < 1.29 is 9.29 Å². The minimum absolute atomic E-state index is 0.151. The molecule has 1 aliphatic heterocycles. The smallest absolute Gasteiger partial charge is 0.123 e. The van der Waals surface area contributed by atoms with E-state index in [4.69, 9.17) is 0 Å². The van der Waals surface area contributed by atoms with Crippen LogP contribution in [0.25, 0.3) is 0 Å². The quantitative estimate of drug-likeness (QED) is 0.831. The monoisotopic (exact) mass is 331 g/mol. The number of hydrogen-bond acceptors (Lipinski definition) is 1. The lowest BCUT2D eigenvalue weighted by molar-refractivity contribution is -0.900. The van der Waals surface area contributed by atoms with Gasteiger partial charge in [-0.15, -0.1) is 0 Å². The number of nitrogens with one attached hydrogen (secondary N) is 1. The summed E-state index contributed by atoms with van der Waals surface area (Å²) in [5.41, 5.74) is 4.93. The first-order chi connectivity index (χ1) is 11.5. The van der Waals surface area contributed by atoms with E-state index >= 15 is 0 Å². The molecule has 132 valence electrons. The number of benzene rings is 1. The highest BCUT2D eigenvalue weighted by Gasteiger charge is 2.29. The molecule has 0 saturated carbocycles. The van der Waals surface area contributed by atoms with Gasteiger partial charge in [0.25, 0.3) is 0 Å². The zero-order valence-corrected chi connectivity index (χ0v) is 15.5. The first-order valence-corrected chi connectivity index (χ1v) is 9.49. The molecule has 2 aliphatic rings. The maximum atomic E-state index is 13.1. The van der Waals surface area contributed by atoms with Crippen molar-refractivity contribution in [2.75, 3.05) is 37.6 Å². The van der Waals surface area contributed by atoms with Crippen molar-refractivity contribution in [1.82, 2.24) is 0 Å². The first kappa shape index (κ1) is 17.5. The molecular weight excluding hydrogens is 299 g/mol. The summed E-state index contributed by atoms with van der Waals surface area (Å²) in [7, 11) is 0. The normalized spacial score (nSPS) is 22.1. The van der Waals surface area contributed by atoms with Crippen LogP contribution in [0.2, 0.25) is 0 Å². The predicted octanol–water partition coefficient (Wildman–Crippen LogP) is 3.45. The number of anilines is 1. The number of quaternary nitrogens is 1. The van der Waals surface area contributed by atoms with Crippen LogP contribution in [0.5, 0.6) is 0 Å². The fraction of sp³-hybridized carbons (Fsp3) is 0.619. The van der Waals surface area contributed by atoms with Gasteiger partial charge in [0.15, 0.2) is 0 Å². The summed E-state index contributed by atoms with van der Waals surface area (Å²) in [4.78, 5) is 4.10. The average molecular weight is 331 g/mol. The Morgan fingerprint density at radius 2 is 1.79 bits per heavy atom. The SMILES string of the molecule is CC1=C(CC[NH+]2CCN(c3ccc(F)cc3)CC2)C(C)(C)CCC1. The van der Waals surface area contributed by atoms with Crippen molar-refractivity contribution >= 4 is 5.69 Å². The van der Waals surface area contributed by atoms with E-state index in [1.54, 1.807) is 28.2 Å². The largest absolute Gasteiger partial charge is 0.360 e. The van der Waals surface area contributed by atoms with E-state index in [9.17, 15) is 4.39 Å². The van der Waals surface area contributed by atoms with E-state index in [0.29, 0.717) is 5.41 Å². The molecule has 24 heavy (non-hydrogen) atoms. The zero-order valence-electron chi connectivity index (χ0n) is 15.5. The molecule has 0 amide bonds. The van der Waals surface area contributed by atoms with Crippen molar-refractivity contribution in [3.05, 3.63) is 41.2 Å². The predicted molar refractivity (Wildman–Crippen MR) is 99.1 cm³/mol. The Balaban J connectivity index is 1.51. The topological polar surface area (TPSA) is 7.68 Å². The molecule has 3 rings (SSSR count). The molecule has 1 aromatic carbocycles. The fourth-order valence-electron chi connectivity index (χ4n) is 4.51. The van der Waals surface area contributed by atoms with Gasteiger partial charge in [-0.1, -0.05) is 25.0 Å². The molecule has 2 nitrogen and oxygen atoms in total. The lowest BCUT2D eigenvalue weighted by Gasteiger charge is -2.37. The Labute approximate surface area is 146 Å². The van der Waals surface area contributed by atoms with Gasteiger partial charge in [-0.05, 0) is 55.9 Å². The van der Waals surface area contributed by atoms with Crippen LogP contribution in [0.15, 0.2) is 35.4 Å². The molecule has 0 radical (unpaired) electrons. The zero-order chi connectivity index (χ0) is 17.2. The number of halogens is 1. The molecule has 1 fully saturated rings. The molecule has 1 aromatic rings. The summed E-state index contributed by atoms with van der Waals surface area (Å²) in [5, 5.41) is 0. The summed E-state index contributed by atoms with van der Waals surface area (Å²) < 4.78 is 13.1. The summed E-state index contributed by atoms with van der Waals surface area (Å²) in [5.74, 6) is -0.151. The van der Waals surface area contributed by atoms with Crippen molar-refractivity contribution in [3.63, 3.8) is 0 Å². The average Bonchev–Trinajstić information content (AvgIpc) is 2.55. The summed E-state index contributed by atoms with van der Waals surface area (Å²) in [6.07, 6.45) is 5.25. The minimum atomic E-state index is -0.151. The number of allylic oxidation sites excluding steroid dienone is 1. The highest BCUT2D eigenvalue weighted by Crippen LogP contribution is 2.41. The van der Waals surface area contributed by atoms with Crippen molar-refractivity contribution in [2.24, 2.45) is 5.41 Å². The maximum absolute atomic E-state index is 13.1. The summed E-state index contributed by atoms with van der Waals surface area (Å²) in [6.45, 7) is 13.0. The van der Waals surface area contributed by atoms with Crippen LogP contribution >= 0.6 is 0 Å². The molecule has 0 bridgehead atoms. The second-order valence-corrected chi connectivity index (χ2v) is 8.21. The van der Waals surface area contributed by atoms with Crippen LogP contribution in [-0.2, 0) is 0 Å². The molecule has 1 N–H and O–H groups in total.